The van der Waals surface area contributed by atoms with Crippen LogP contribution in [0.15, 0.2) is 48.0 Å². The molecule has 3 rings (SSSR count). The third kappa shape index (κ3) is 4.40. The quantitative estimate of drug-likeness (QED) is 0.253. The van der Waals surface area contributed by atoms with Crippen LogP contribution in [0.3, 0.4) is 0 Å². The molecule has 1 saturated heterocycles. The number of aliphatic hydroxyl groups excluding tert-OH is 1. The van der Waals surface area contributed by atoms with E-state index in [0.29, 0.717) is 24.3 Å². The Morgan fingerprint density at radius 2 is 1.88 bits per heavy atom. The standard InChI is InChI=1S/C26H30FNO4/c1-5-6-9-14-28-23(18-10-7-8-11-20(18)27)22(25(30)26(28)31)24(29)17-12-13-21(32-4)19(15-17)16(2)3/h7-8,10-13,15-16,23,29H,5-6,9,14H2,1-4H3/b24-22+. The second-order valence-electron chi connectivity index (χ2n) is 8.33. The van der Waals surface area contributed by atoms with Crippen LogP contribution >= 0.6 is 0 Å². The summed E-state index contributed by atoms with van der Waals surface area (Å²) < 4.78 is 20.2. The summed E-state index contributed by atoms with van der Waals surface area (Å²) >= 11 is 0. The van der Waals surface area contributed by atoms with E-state index in [2.05, 4.69) is 0 Å². The average molecular weight is 440 g/mol. The Hall–Kier alpha value is -3.15. The fourth-order valence-corrected chi connectivity index (χ4v) is 4.15. The molecule has 1 aliphatic heterocycles. The van der Waals surface area contributed by atoms with Crippen LogP contribution in [-0.2, 0) is 9.59 Å². The van der Waals surface area contributed by atoms with Gasteiger partial charge in [0, 0.05) is 17.7 Å². The van der Waals surface area contributed by atoms with E-state index in [0.717, 1.165) is 18.4 Å². The Bertz CT molecular complexity index is 1040. The topological polar surface area (TPSA) is 66.8 Å². The molecule has 2 aromatic carbocycles. The highest BCUT2D eigenvalue weighted by atomic mass is 19.1. The van der Waals surface area contributed by atoms with Gasteiger partial charge in [-0.25, -0.2) is 4.39 Å². The van der Waals surface area contributed by atoms with Gasteiger partial charge in [0.1, 0.15) is 17.3 Å². The Labute approximate surface area is 188 Å². The van der Waals surface area contributed by atoms with Gasteiger partial charge in [0.2, 0.25) is 0 Å². The van der Waals surface area contributed by atoms with Crippen LogP contribution in [0.1, 0.15) is 68.7 Å². The van der Waals surface area contributed by atoms with Gasteiger partial charge in [-0.1, -0.05) is 51.8 Å². The van der Waals surface area contributed by atoms with E-state index >= 15 is 0 Å². The summed E-state index contributed by atoms with van der Waals surface area (Å²) in [5.74, 6) is -1.57. The number of ether oxygens (including phenoxy) is 1. The second-order valence-corrected chi connectivity index (χ2v) is 8.33. The molecule has 32 heavy (non-hydrogen) atoms. The summed E-state index contributed by atoms with van der Waals surface area (Å²) in [6.07, 6.45) is 2.51. The number of rotatable bonds is 8. The minimum atomic E-state index is -0.974. The summed E-state index contributed by atoms with van der Waals surface area (Å²) in [4.78, 5) is 27.3. The first-order valence-corrected chi connectivity index (χ1v) is 11.0. The molecule has 6 heteroatoms. The highest BCUT2D eigenvalue weighted by molar-refractivity contribution is 6.46. The lowest BCUT2D eigenvalue weighted by molar-refractivity contribution is -0.139. The second kappa shape index (κ2) is 9.98. The molecule has 1 atom stereocenters. The average Bonchev–Trinajstić information content (AvgIpc) is 3.03. The first-order valence-electron chi connectivity index (χ1n) is 11.0. The van der Waals surface area contributed by atoms with Crippen LogP contribution in [0.2, 0.25) is 0 Å². The Morgan fingerprint density at radius 1 is 1.16 bits per heavy atom. The highest BCUT2D eigenvalue weighted by Crippen LogP contribution is 2.41. The first-order chi connectivity index (χ1) is 15.3. The maximum atomic E-state index is 14.8. The van der Waals surface area contributed by atoms with E-state index in [-0.39, 0.29) is 22.8 Å². The number of Topliss-reactive ketones (excluding diaryl/α,β-unsaturated/α-hetero) is 1. The molecule has 0 aromatic heterocycles. The van der Waals surface area contributed by atoms with Gasteiger partial charge in [-0.2, -0.15) is 0 Å². The molecule has 1 fully saturated rings. The van der Waals surface area contributed by atoms with Crippen molar-refractivity contribution in [3.05, 3.63) is 70.5 Å². The van der Waals surface area contributed by atoms with Crippen LogP contribution in [-0.4, -0.2) is 35.4 Å². The SMILES string of the molecule is CCCCCN1C(=O)C(=O)/C(=C(/O)c2ccc(OC)c(C(C)C)c2)C1c1ccccc1F. The largest absolute Gasteiger partial charge is 0.507 e. The van der Waals surface area contributed by atoms with Crippen molar-refractivity contribution in [2.75, 3.05) is 13.7 Å². The zero-order valence-corrected chi connectivity index (χ0v) is 19.0. The minimum Gasteiger partial charge on any atom is -0.507 e. The molecular formula is C26H30FNO4. The fourth-order valence-electron chi connectivity index (χ4n) is 4.15. The van der Waals surface area contributed by atoms with Crippen LogP contribution in [0.25, 0.3) is 5.76 Å². The number of benzene rings is 2. The number of carbonyl (C=O) groups excluding carboxylic acids is 2. The predicted molar refractivity (Wildman–Crippen MR) is 122 cm³/mol. The summed E-state index contributed by atoms with van der Waals surface area (Å²) in [7, 11) is 1.57. The van der Waals surface area contributed by atoms with Gasteiger partial charge in [0.15, 0.2) is 0 Å². The van der Waals surface area contributed by atoms with Gasteiger partial charge in [-0.15, -0.1) is 0 Å². The molecule has 0 bridgehead atoms. The molecule has 1 heterocycles. The lowest BCUT2D eigenvalue weighted by atomic mass is 9.93. The molecule has 1 N–H and O–H groups in total. The maximum absolute atomic E-state index is 14.8. The number of unbranched alkanes of at least 4 members (excludes halogenated alkanes) is 2. The van der Waals surface area contributed by atoms with E-state index in [1.54, 1.807) is 43.5 Å². The molecule has 1 unspecified atom stereocenters. The van der Waals surface area contributed by atoms with E-state index in [4.69, 9.17) is 4.74 Å². The maximum Gasteiger partial charge on any atom is 0.295 e. The third-order valence-corrected chi connectivity index (χ3v) is 5.87. The highest BCUT2D eigenvalue weighted by Gasteiger charge is 2.46. The zero-order chi connectivity index (χ0) is 23.4. The van der Waals surface area contributed by atoms with Crippen molar-refractivity contribution in [1.29, 1.82) is 0 Å². The van der Waals surface area contributed by atoms with Gasteiger partial charge < -0.3 is 14.7 Å². The molecule has 0 spiro atoms. The molecule has 0 aliphatic carbocycles. The summed E-state index contributed by atoms with van der Waals surface area (Å²) in [5, 5.41) is 11.2. The summed E-state index contributed by atoms with van der Waals surface area (Å²) in [6.45, 7) is 6.34. The van der Waals surface area contributed by atoms with E-state index < -0.39 is 23.5 Å². The van der Waals surface area contributed by atoms with Gasteiger partial charge in [-0.3, -0.25) is 9.59 Å². The smallest absolute Gasteiger partial charge is 0.295 e. The molecule has 170 valence electrons. The molecule has 2 aromatic rings. The Morgan fingerprint density at radius 3 is 2.50 bits per heavy atom. The number of ketones is 1. The van der Waals surface area contributed by atoms with Gasteiger partial charge in [0.05, 0.1) is 18.7 Å². The van der Waals surface area contributed by atoms with E-state index in [9.17, 15) is 19.1 Å². The predicted octanol–water partition coefficient (Wildman–Crippen LogP) is 5.57. The number of hydrogen-bond donors (Lipinski definition) is 1. The first kappa shape index (κ1) is 23.5. The van der Waals surface area contributed by atoms with Gasteiger partial charge >= 0.3 is 0 Å². The van der Waals surface area contributed by atoms with Crippen molar-refractivity contribution in [3.63, 3.8) is 0 Å². The molecular weight excluding hydrogens is 409 g/mol. The Kier molecular flexibility index (Phi) is 7.33. The van der Waals surface area contributed by atoms with Crippen molar-refractivity contribution >= 4 is 17.4 Å². The van der Waals surface area contributed by atoms with Crippen LogP contribution in [0, 0.1) is 5.82 Å². The number of likely N-dealkylation sites (tertiary alicyclic amines) is 1. The van der Waals surface area contributed by atoms with Gasteiger partial charge in [0.25, 0.3) is 11.7 Å². The Balaban J connectivity index is 2.18. The van der Waals surface area contributed by atoms with E-state index in [1.807, 2.05) is 20.8 Å². The normalized spacial score (nSPS) is 17.9. The number of carbonyl (C=O) groups is 2. The van der Waals surface area contributed by atoms with Gasteiger partial charge in [-0.05, 0) is 42.2 Å². The number of halogens is 1. The van der Waals surface area contributed by atoms with Crippen molar-refractivity contribution in [2.45, 2.75) is 52.0 Å². The number of hydrogen-bond acceptors (Lipinski definition) is 4. The van der Waals surface area contributed by atoms with Crippen molar-refractivity contribution in [3.8, 4) is 5.75 Å². The fraction of sp³-hybridized carbons (Fsp3) is 0.385. The lowest BCUT2D eigenvalue weighted by Gasteiger charge is -2.25. The van der Waals surface area contributed by atoms with E-state index in [1.165, 1.54) is 11.0 Å². The minimum absolute atomic E-state index is 0.0866. The molecule has 0 radical (unpaired) electrons. The molecule has 5 nitrogen and oxygen atoms in total. The monoisotopic (exact) mass is 439 g/mol. The number of nitrogens with zero attached hydrogens (tertiary/aromatic N) is 1. The zero-order valence-electron chi connectivity index (χ0n) is 19.0. The summed E-state index contributed by atoms with van der Waals surface area (Å²) in [6, 6.07) is 10.2. The molecule has 1 amide bonds. The van der Waals surface area contributed by atoms with Crippen LogP contribution in [0.4, 0.5) is 4.39 Å². The molecule has 0 saturated carbocycles. The number of amides is 1. The van der Waals surface area contributed by atoms with Crippen LogP contribution in [0.5, 0.6) is 5.75 Å². The summed E-state index contributed by atoms with van der Waals surface area (Å²) in [5.41, 5.74) is 1.36. The van der Waals surface area contributed by atoms with Crippen LogP contribution < -0.4 is 4.74 Å². The number of aliphatic hydroxyl groups is 1. The molecule has 1 aliphatic rings. The van der Waals surface area contributed by atoms with Crippen molar-refractivity contribution < 1.29 is 23.8 Å². The van der Waals surface area contributed by atoms with Crippen molar-refractivity contribution in [2.24, 2.45) is 0 Å². The third-order valence-electron chi connectivity index (χ3n) is 5.87. The van der Waals surface area contributed by atoms with Crippen molar-refractivity contribution in [1.82, 2.24) is 4.90 Å². The number of methoxy groups -OCH3 is 1. The lowest BCUT2D eigenvalue weighted by Crippen LogP contribution is -2.31.